The number of carbonyl (C=O) groups is 3. The highest BCUT2D eigenvalue weighted by molar-refractivity contribution is 5.76. The molecule has 1 N–H and O–H groups in total. The van der Waals surface area contributed by atoms with Crippen LogP contribution in [-0.4, -0.2) is 35.7 Å². The Balaban J connectivity index is 1.42. The van der Waals surface area contributed by atoms with Crippen molar-refractivity contribution in [2.75, 3.05) is 6.61 Å². The highest BCUT2D eigenvalue weighted by Crippen LogP contribution is 2.77. The van der Waals surface area contributed by atoms with Gasteiger partial charge in [-0.05, 0) is 117 Å². The van der Waals surface area contributed by atoms with Gasteiger partial charge in [0.2, 0.25) is 0 Å². The molecular formula is C36H56O6. The zero-order chi connectivity index (χ0) is 30.9. The molecule has 0 heterocycles. The molecule has 5 rings (SSSR count). The van der Waals surface area contributed by atoms with Gasteiger partial charge in [-0.2, -0.15) is 0 Å². The summed E-state index contributed by atoms with van der Waals surface area (Å²) in [5, 5.41) is 9.02. The molecule has 5 fully saturated rings. The van der Waals surface area contributed by atoms with Gasteiger partial charge in [0, 0.05) is 17.8 Å². The van der Waals surface area contributed by atoms with Crippen molar-refractivity contribution in [2.45, 2.75) is 132 Å². The molecule has 0 aromatic carbocycles. The summed E-state index contributed by atoms with van der Waals surface area (Å²) in [7, 11) is 0. The molecule has 0 bridgehead atoms. The average molecular weight is 585 g/mol. The number of fused-ring (bicyclic) bond motifs is 7. The second-order valence-corrected chi connectivity index (χ2v) is 16.6. The van der Waals surface area contributed by atoms with E-state index >= 15 is 0 Å². The van der Waals surface area contributed by atoms with Crippen molar-refractivity contribution in [3.05, 3.63) is 12.2 Å². The first-order chi connectivity index (χ1) is 19.5. The SMILES string of the molecule is C=C(C)[C@@H]1CC[C@@]2(COC(C)=O)CC[C@]3(C)[C@@H](CC[C@@H]4[C@@]5(C)CC[C@H](OC(=O)CCC(=O)O)C(C)(C)[C@@H]5CC[C@]43C)[C@H]12. The van der Waals surface area contributed by atoms with Crippen LogP contribution in [0.1, 0.15) is 126 Å². The third kappa shape index (κ3) is 4.67. The van der Waals surface area contributed by atoms with Crippen LogP contribution in [0, 0.1) is 56.7 Å². The molecule has 6 nitrogen and oxygen atoms in total. The standard InChI is InChI=1S/C36H56O6/c1-22(2)24-13-18-36(21-41-23(3)37)20-19-34(7)25(31(24)36)9-10-27-33(6)16-15-28(42-30(40)12-11-29(38)39)32(4,5)26(33)14-17-35(27,34)8/h24-28,31H,1,9-21H2,2-8H3,(H,38,39)/t24-,25-,26-,27+,28-,31-,33-,34+,35+,36-/m0/s1. The van der Waals surface area contributed by atoms with Gasteiger partial charge in [0.25, 0.3) is 0 Å². The number of aliphatic carboxylic acids is 1. The predicted molar refractivity (Wildman–Crippen MR) is 162 cm³/mol. The Hall–Kier alpha value is -1.85. The molecule has 0 saturated heterocycles. The lowest BCUT2D eigenvalue weighted by atomic mass is 9.32. The minimum atomic E-state index is -0.961. The number of esters is 2. The quantitative estimate of drug-likeness (QED) is 0.241. The van der Waals surface area contributed by atoms with E-state index in [1.54, 1.807) is 6.92 Å². The Morgan fingerprint density at radius 3 is 2.17 bits per heavy atom. The van der Waals surface area contributed by atoms with Crippen molar-refractivity contribution in [3.63, 3.8) is 0 Å². The molecule has 0 amide bonds. The first-order valence-electron chi connectivity index (χ1n) is 16.7. The topological polar surface area (TPSA) is 89.9 Å². The van der Waals surface area contributed by atoms with Crippen molar-refractivity contribution in [2.24, 2.45) is 56.7 Å². The Kier molecular flexibility index (Phi) is 8.00. The number of ether oxygens (including phenoxy) is 2. The monoisotopic (exact) mass is 584 g/mol. The highest BCUT2D eigenvalue weighted by Gasteiger charge is 2.71. The van der Waals surface area contributed by atoms with Gasteiger partial charge >= 0.3 is 17.9 Å². The zero-order valence-corrected chi connectivity index (χ0v) is 27.4. The predicted octanol–water partition coefficient (Wildman–Crippen LogP) is 7.98. The Labute approximate surface area is 253 Å². The Morgan fingerprint density at radius 1 is 0.810 bits per heavy atom. The van der Waals surface area contributed by atoms with Gasteiger partial charge in [0.15, 0.2) is 0 Å². The maximum atomic E-state index is 12.6. The van der Waals surface area contributed by atoms with Gasteiger partial charge in [0.05, 0.1) is 19.4 Å². The van der Waals surface area contributed by atoms with E-state index < -0.39 is 5.97 Å². The number of carbonyl (C=O) groups excluding carboxylic acids is 2. The van der Waals surface area contributed by atoms with Crippen molar-refractivity contribution in [3.8, 4) is 0 Å². The minimum Gasteiger partial charge on any atom is -0.481 e. The summed E-state index contributed by atoms with van der Waals surface area (Å²) in [6.45, 7) is 21.2. The van der Waals surface area contributed by atoms with Crippen molar-refractivity contribution in [1.82, 2.24) is 0 Å². The number of hydrogen-bond acceptors (Lipinski definition) is 5. The third-order valence-electron chi connectivity index (χ3n) is 14.6. The molecule has 0 unspecified atom stereocenters. The van der Waals surface area contributed by atoms with E-state index in [0.29, 0.717) is 36.2 Å². The fourth-order valence-corrected chi connectivity index (χ4v) is 12.4. The van der Waals surface area contributed by atoms with Crippen LogP contribution in [0.15, 0.2) is 12.2 Å². The van der Waals surface area contributed by atoms with Crippen molar-refractivity contribution in [1.29, 1.82) is 0 Å². The first kappa shape index (κ1) is 31.6. The zero-order valence-electron chi connectivity index (χ0n) is 27.4. The average Bonchev–Trinajstić information content (AvgIpc) is 3.29. The van der Waals surface area contributed by atoms with Crippen LogP contribution in [0.5, 0.6) is 0 Å². The van der Waals surface area contributed by atoms with E-state index in [2.05, 4.69) is 48.1 Å². The fourth-order valence-electron chi connectivity index (χ4n) is 12.4. The molecule has 0 aromatic heterocycles. The number of rotatable bonds is 7. The summed E-state index contributed by atoms with van der Waals surface area (Å²) in [5.41, 5.74) is 1.83. The highest BCUT2D eigenvalue weighted by atomic mass is 16.5. The van der Waals surface area contributed by atoms with Crippen LogP contribution in [-0.2, 0) is 23.9 Å². The molecule has 5 saturated carbocycles. The summed E-state index contributed by atoms with van der Waals surface area (Å²) in [6.07, 6.45) is 10.9. The van der Waals surface area contributed by atoms with Crippen molar-refractivity contribution >= 4 is 17.9 Å². The Morgan fingerprint density at radius 2 is 1.52 bits per heavy atom. The lowest BCUT2D eigenvalue weighted by Crippen LogP contribution is -2.67. The van der Waals surface area contributed by atoms with Gasteiger partial charge < -0.3 is 14.6 Å². The normalized spacial score (nSPS) is 45.4. The van der Waals surface area contributed by atoms with Gasteiger partial charge in [-0.1, -0.05) is 46.8 Å². The van der Waals surface area contributed by atoms with Gasteiger partial charge in [0.1, 0.15) is 6.10 Å². The molecule has 0 radical (unpaired) electrons. The van der Waals surface area contributed by atoms with Crippen LogP contribution >= 0.6 is 0 Å². The maximum absolute atomic E-state index is 12.6. The summed E-state index contributed by atoms with van der Waals surface area (Å²) in [4.78, 5) is 35.5. The fraction of sp³-hybridized carbons (Fsp3) is 0.861. The number of carboxylic acid groups (broad SMARTS) is 1. The Bertz CT molecular complexity index is 1130. The summed E-state index contributed by atoms with van der Waals surface area (Å²) >= 11 is 0. The largest absolute Gasteiger partial charge is 0.481 e. The van der Waals surface area contributed by atoms with Gasteiger partial charge in [-0.15, -0.1) is 0 Å². The molecule has 5 aliphatic carbocycles. The van der Waals surface area contributed by atoms with E-state index in [1.165, 1.54) is 31.3 Å². The molecule has 6 heteroatoms. The molecular weight excluding hydrogens is 528 g/mol. The molecule has 0 aliphatic heterocycles. The lowest BCUT2D eigenvalue weighted by molar-refractivity contribution is -0.252. The van der Waals surface area contributed by atoms with Gasteiger partial charge in [-0.25, -0.2) is 0 Å². The number of hydrogen-bond donors (Lipinski definition) is 1. The van der Waals surface area contributed by atoms with E-state index in [4.69, 9.17) is 14.6 Å². The van der Waals surface area contributed by atoms with Crippen LogP contribution in [0.2, 0.25) is 0 Å². The minimum absolute atomic E-state index is 0.0599. The molecule has 10 atom stereocenters. The van der Waals surface area contributed by atoms with Crippen LogP contribution in [0.3, 0.4) is 0 Å². The second-order valence-electron chi connectivity index (χ2n) is 16.6. The molecule has 0 aromatic rings. The first-order valence-corrected chi connectivity index (χ1v) is 16.7. The maximum Gasteiger partial charge on any atom is 0.306 e. The van der Waals surface area contributed by atoms with Crippen molar-refractivity contribution < 1.29 is 29.0 Å². The number of carboxylic acids is 1. The second kappa shape index (κ2) is 10.6. The van der Waals surface area contributed by atoms with Crippen LogP contribution in [0.25, 0.3) is 0 Å². The summed E-state index contributed by atoms with van der Waals surface area (Å²) in [6, 6.07) is 0. The van der Waals surface area contributed by atoms with E-state index in [1.807, 2.05) is 0 Å². The van der Waals surface area contributed by atoms with E-state index in [0.717, 1.165) is 38.5 Å². The third-order valence-corrected chi connectivity index (χ3v) is 14.6. The smallest absolute Gasteiger partial charge is 0.306 e. The lowest BCUT2D eigenvalue weighted by Gasteiger charge is -2.73. The summed E-state index contributed by atoms with van der Waals surface area (Å²) in [5.74, 6) is 1.19. The molecule has 42 heavy (non-hydrogen) atoms. The van der Waals surface area contributed by atoms with E-state index in [9.17, 15) is 14.4 Å². The van der Waals surface area contributed by atoms with E-state index in [-0.39, 0.29) is 58.0 Å². The molecule has 0 spiro atoms. The van der Waals surface area contributed by atoms with Crippen LogP contribution in [0.4, 0.5) is 0 Å². The number of allylic oxidation sites excluding steroid dienone is 1. The van der Waals surface area contributed by atoms with Crippen LogP contribution < -0.4 is 0 Å². The van der Waals surface area contributed by atoms with Gasteiger partial charge in [-0.3, -0.25) is 14.4 Å². The molecule has 5 aliphatic rings. The summed E-state index contributed by atoms with van der Waals surface area (Å²) < 4.78 is 11.8. The molecule has 236 valence electrons.